The van der Waals surface area contributed by atoms with Crippen LogP contribution < -0.4 is 15.2 Å². The van der Waals surface area contributed by atoms with Crippen molar-refractivity contribution in [1.82, 2.24) is 0 Å². The maximum absolute atomic E-state index is 6.23. The van der Waals surface area contributed by atoms with Gasteiger partial charge in [0.25, 0.3) is 0 Å². The fraction of sp³-hybridized carbons (Fsp3) is 0.667. The molecule has 3 nitrogen and oxygen atoms in total. The highest BCUT2D eigenvalue weighted by Crippen LogP contribution is 2.30. The van der Waals surface area contributed by atoms with E-state index in [1.165, 1.54) is 19.3 Å². The van der Waals surface area contributed by atoms with E-state index in [1.807, 2.05) is 24.3 Å². The lowest BCUT2D eigenvalue weighted by molar-refractivity contribution is 0.0992. The lowest BCUT2D eigenvalue weighted by Crippen LogP contribution is -2.43. The van der Waals surface area contributed by atoms with Crippen LogP contribution in [0.4, 0.5) is 0 Å². The van der Waals surface area contributed by atoms with Crippen molar-refractivity contribution in [3.63, 3.8) is 0 Å². The van der Waals surface area contributed by atoms with E-state index in [1.54, 1.807) is 0 Å². The summed E-state index contributed by atoms with van der Waals surface area (Å²) in [7, 11) is 0. The summed E-state index contributed by atoms with van der Waals surface area (Å²) in [4.78, 5) is 0. The minimum Gasteiger partial charge on any atom is -0.494 e. The molecule has 0 radical (unpaired) electrons. The smallest absolute Gasteiger partial charge is 0.120 e. The normalized spacial score (nSPS) is 25.6. The van der Waals surface area contributed by atoms with Gasteiger partial charge in [0.2, 0.25) is 0 Å². The molecule has 2 rings (SSSR count). The average molecular weight is 291 g/mol. The summed E-state index contributed by atoms with van der Waals surface area (Å²) in [6, 6.07) is 8.09. The summed E-state index contributed by atoms with van der Waals surface area (Å²) in [5.41, 5.74) is 6.23. The van der Waals surface area contributed by atoms with Crippen LogP contribution in [0.5, 0.6) is 11.5 Å². The van der Waals surface area contributed by atoms with Crippen molar-refractivity contribution in [1.29, 1.82) is 0 Å². The Morgan fingerprint density at radius 3 is 2.43 bits per heavy atom. The molecule has 1 saturated carbocycles. The number of ether oxygens (including phenoxy) is 2. The lowest BCUT2D eigenvalue weighted by Gasteiger charge is -2.34. The topological polar surface area (TPSA) is 44.5 Å². The molecule has 0 heterocycles. The van der Waals surface area contributed by atoms with Crippen LogP contribution in [-0.2, 0) is 0 Å². The van der Waals surface area contributed by atoms with Crippen molar-refractivity contribution in [2.24, 2.45) is 11.7 Å². The van der Waals surface area contributed by atoms with Crippen LogP contribution in [0.15, 0.2) is 24.3 Å². The predicted octanol–water partition coefficient (Wildman–Crippen LogP) is 4.15. The standard InChI is InChI=1S/C18H29NO2/c1-3-5-14-6-11-17(19)18(13-14)21-16-9-7-15(8-10-16)20-12-4-2/h7-10,14,17-18H,3-6,11-13,19H2,1-2H3. The first kappa shape index (κ1) is 16.2. The molecule has 1 aliphatic carbocycles. The minimum atomic E-state index is 0.151. The summed E-state index contributed by atoms with van der Waals surface area (Å²) in [6.45, 7) is 5.11. The van der Waals surface area contributed by atoms with Crippen molar-refractivity contribution in [3.05, 3.63) is 24.3 Å². The van der Waals surface area contributed by atoms with Gasteiger partial charge in [-0.1, -0.05) is 26.7 Å². The molecule has 21 heavy (non-hydrogen) atoms. The van der Waals surface area contributed by atoms with Gasteiger partial charge in [0, 0.05) is 6.04 Å². The number of benzene rings is 1. The van der Waals surface area contributed by atoms with E-state index in [0.717, 1.165) is 43.3 Å². The molecule has 0 saturated heterocycles. The van der Waals surface area contributed by atoms with Gasteiger partial charge >= 0.3 is 0 Å². The monoisotopic (exact) mass is 291 g/mol. The Bertz CT molecular complexity index is 404. The van der Waals surface area contributed by atoms with Crippen molar-refractivity contribution in [3.8, 4) is 11.5 Å². The van der Waals surface area contributed by atoms with Crippen LogP contribution in [0, 0.1) is 5.92 Å². The Hall–Kier alpha value is -1.22. The quantitative estimate of drug-likeness (QED) is 0.820. The second-order valence-corrected chi connectivity index (χ2v) is 6.11. The number of rotatable bonds is 7. The van der Waals surface area contributed by atoms with Crippen LogP contribution in [0.25, 0.3) is 0 Å². The second kappa shape index (κ2) is 8.28. The van der Waals surface area contributed by atoms with Gasteiger partial charge in [-0.25, -0.2) is 0 Å². The summed E-state index contributed by atoms with van der Waals surface area (Å²) in [6.07, 6.45) is 7.12. The summed E-state index contributed by atoms with van der Waals surface area (Å²) >= 11 is 0. The maximum Gasteiger partial charge on any atom is 0.120 e. The van der Waals surface area contributed by atoms with Crippen LogP contribution in [0.2, 0.25) is 0 Å². The molecule has 0 amide bonds. The van der Waals surface area contributed by atoms with Gasteiger partial charge in [-0.3, -0.25) is 0 Å². The molecule has 1 aromatic rings. The molecule has 2 N–H and O–H groups in total. The van der Waals surface area contributed by atoms with E-state index in [-0.39, 0.29) is 12.1 Å². The van der Waals surface area contributed by atoms with E-state index < -0.39 is 0 Å². The number of nitrogens with two attached hydrogens (primary N) is 1. The van der Waals surface area contributed by atoms with E-state index in [2.05, 4.69) is 13.8 Å². The van der Waals surface area contributed by atoms with Gasteiger partial charge in [0.05, 0.1) is 6.61 Å². The molecule has 0 spiro atoms. The Kier molecular flexibility index (Phi) is 6.37. The predicted molar refractivity (Wildman–Crippen MR) is 86.9 cm³/mol. The fourth-order valence-electron chi connectivity index (χ4n) is 3.05. The first-order chi connectivity index (χ1) is 10.2. The number of hydrogen-bond acceptors (Lipinski definition) is 3. The van der Waals surface area contributed by atoms with Crippen LogP contribution in [0.3, 0.4) is 0 Å². The summed E-state index contributed by atoms with van der Waals surface area (Å²) in [5.74, 6) is 2.57. The molecular weight excluding hydrogens is 262 g/mol. The van der Waals surface area contributed by atoms with E-state index in [0.29, 0.717) is 0 Å². The Morgan fingerprint density at radius 2 is 1.76 bits per heavy atom. The second-order valence-electron chi connectivity index (χ2n) is 6.11. The summed E-state index contributed by atoms with van der Waals surface area (Å²) in [5, 5.41) is 0. The first-order valence-corrected chi connectivity index (χ1v) is 8.38. The third-order valence-corrected chi connectivity index (χ3v) is 4.23. The minimum absolute atomic E-state index is 0.151. The molecule has 1 fully saturated rings. The lowest BCUT2D eigenvalue weighted by atomic mass is 9.82. The zero-order chi connectivity index (χ0) is 15.1. The van der Waals surface area contributed by atoms with Crippen LogP contribution in [-0.4, -0.2) is 18.8 Å². The molecule has 3 heteroatoms. The maximum atomic E-state index is 6.23. The van der Waals surface area contributed by atoms with Crippen LogP contribution >= 0.6 is 0 Å². The zero-order valence-corrected chi connectivity index (χ0v) is 13.4. The molecule has 1 aromatic carbocycles. The first-order valence-electron chi connectivity index (χ1n) is 8.38. The zero-order valence-electron chi connectivity index (χ0n) is 13.4. The van der Waals surface area contributed by atoms with Crippen molar-refractivity contribution >= 4 is 0 Å². The van der Waals surface area contributed by atoms with Gasteiger partial charge in [-0.15, -0.1) is 0 Å². The van der Waals surface area contributed by atoms with Crippen molar-refractivity contribution in [2.45, 2.75) is 64.5 Å². The van der Waals surface area contributed by atoms with Crippen molar-refractivity contribution < 1.29 is 9.47 Å². The van der Waals surface area contributed by atoms with E-state index in [9.17, 15) is 0 Å². The number of hydrogen-bond donors (Lipinski definition) is 1. The summed E-state index contributed by atoms with van der Waals surface area (Å²) < 4.78 is 11.7. The average Bonchev–Trinajstić information content (AvgIpc) is 2.50. The van der Waals surface area contributed by atoms with E-state index >= 15 is 0 Å². The SMILES string of the molecule is CCCOc1ccc(OC2CC(CCC)CCC2N)cc1. The highest BCUT2D eigenvalue weighted by Gasteiger charge is 2.29. The Balaban J connectivity index is 1.89. The third-order valence-electron chi connectivity index (χ3n) is 4.23. The molecule has 118 valence electrons. The molecular formula is C18H29NO2. The molecule has 1 aliphatic rings. The van der Waals surface area contributed by atoms with E-state index in [4.69, 9.17) is 15.2 Å². The van der Waals surface area contributed by atoms with Gasteiger partial charge in [-0.05, 0) is 55.9 Å². The Morgan fingerprint density at radius 1 is 1.05 bits per heavy atom. The van der Waals surface area contributed by atoms with Crippen LogP contribution in [0.1, 0.15) is 52.4 Å². The van der Waals surface area contributed by atoms with Crippen molar-refractivity contribution in [2.75, 3.05) is 6.61 Å². The Labute approximate surface area is 128 Å². The highest BCUT2D eigenvalue weighted by atomic mass is 16.5. The molecule has 3 atom stereocenters. The fourth-order valence-corrected chi connectivity index (χ4v) is 3.05. The van der Waals surface area contributed by atoms with Gasteiger partial charge in [0.1, 0.15) is 17.6 Å². The molecule has 0 aromatic heterocycles. The molecule has 3 unspecified atom stereocenters. The van der Waals surface area contributed by atoms with Gasteiger partial charge in [0.15, 0.2) is 0 Å². The largest absolute Gasteiger partial charge is 0.494 e. The highest BCUT2D eigenvalue weighted by molar-refractivity contribution is 5.31. The molecule has 0 aliphatic heterocycles. The van der Waals surface area contributed by atoms with Gasteiger partial charge < -0.3 is 15.2 Å². The van der Waals surface area contributed by atoms with Gasteiger partial charge in [-0.2, -0.15) is 0 Å². The third kappa shape index (κ3) is 4.92. The molecule has 0 bridgehead atoms.